The van der Waals surface area contributed by atoms with Crippen molar-refractivity contribution in [1.29, 1.82) is 0 Å². The van der Waals surface area contributed by atoms with Crippen LogP contribution in [-0.2, 0) is 0 Å². The molecule has 0 saturated carbocycles. The van der Waals surface area contributed by atoms with E-state index in [0.717, 1.165) is 42.2 Å². The molecule has 3 rings (SSSR count). The van der Waals surface area contributed by atoms with Crippen LogP contribution in [0.1, 0.15) is 28.2 Å². The van der Waals surface area contributed by atoms with Gasteiger partial charge in [-0.3, -0.25) is 4.79 Å². The molecule has 0 spiro atoms. The minimum Gasteiger partial charge on any atom is -0.334 e. The van der Waals surface area contributed by atoms with Gasteiger partial charge in [-0.15, -0.1) is 36.2 Å². The van der Waals surface area contributed by atoms with Crippen LogP contribution in [0.25, 0.3) is 10.6 Å². The first-order chi connectivity index (χ1) is 11.1. The number of aromatic nitrogens is 1. The molecule has 1 aromatic carbocycles. The van der Waals surface area contributed by atoms with Crippen LogP contribution in [0.4, 0.5) is 4.39 Å². The highest BCUT2D eigenvalue weighted by Gasteiger charge is 2.31. The number of benzene rings is 1. The lowest BCUT2D eigenvalue weighted by molar-refractivity contribution is 0.0741. The van der Waals surface area contributed by atoms with Gasteiger partial charge >= 0.3 is 0 Å². The van der Waals surface area contributed by atoms with Gasteiger partial charge in [0.15, 0.2) is 0 Å². The molecule has 2 aromatic rings. The summed E-state index contributed by atoms with van der Waals surface area (Å²) in [6, 6.07) is 6.47. The average molecular weight is 406 g/mol. The van der Waals surface area contributed by atoms with E-state index in [4.69, 9.17) is 0 Å². The van der Waals surface area contributed by atoms with E-state index in [2.05, 4.69) is 10.3 Å². The number of hydrogen-bond donors (Lipinski definition) is 1. The van der Waals surface area contributed by atoms with Gasteiger partial charge in [-0.1, -0.05) is 0 Å². The Hall–Kier alpha value is -1.21. The van der Waals surface area contributed by atoms with Crippen molar-refractivity contribution in [3.63, 3.8) is 0 Å². The smallest absolute Gasteiger partial charge is 0.266 e. The van der Waals surface area contributed by atoms with Crippen LogP contribution in [-0.4, -0.2) is 42.0 Å². The molecule has 1 N–H and O–H groups in total. The van der Waals surface area contributed by atoms with Crippen LogP contribution in [0.15, 0.2) is 24.3 Å². The number of likely N-dealkylation sites (tertiary alicyclic amines) is 1. The van der Waals surface area contributed by atoms with Gasteiger partial charge in [0.2, 0.25) is 0 Å². The van der Waals surface area contributed by atoms with E-state index < -0.39 is 0 Å². The zero-order valence-electron chi connectivity index (χ0n) is 14.1. The third kappa shape index (κ3) is 4.70. The number of nitrogens with zero attached hydrogens (tertiary/aromatic N) is 2. The minimum absolute atomic E-state index is 0. The van der Waals surface area contributed by atoms with E-state index >= 15 is 0 Å². The number of halogens is 3. The number of likely N-dealkylation sites (N-methyl/N-ethyl adjacent to an activating group) is 1. The number of rotatable bonds is 4. The number of carbonyl (C=O) groups is 1. The first-order valence-corrected chi connectivity index (χ1v) is 8.60. The van der Waals surface area contributed by atoms with Crippen LogP contribution in [0.2, 0.25) is 0 Å². The molecule has 1 saturated heterocycles. The summed E-state index contributed by atoms with van der Waals surface area (Å²) in [7, 11) is 1.91. The summed E-state index contributed by atoms with van der Waals surface area (Å²) >= 11 is 1.39. The molecule has 1 atom stereocenters. The second-order valence-corrected chi connectivity index (χ2v) is 6.79. The molecule has 8 heteroatoms. The van der Waals surface area contributed by atoms with E-state index in [1.54, 1.807) is 12.1 Å². The number of nitrogens with one attached hydrogen (secondary N) is 1. The summed E-state index contributed by atoms with van der Waals surface area (Å²) in [6.07, 6.45) is 2.08. The van der Waals surface area contributed by atoms with Crippen molar-refractivity contribution in [2.24, 2.45) is 0 Å². The molecule has 138 valence electrons. The third-order valence-corrected chi connectivity index (χ3v) is 5.35. The normalized spacial score (nSPS) is 16.3. The molecule has 2 heterocycles. The topological polar surface area (TPSA) is 45.2 Å². The Kier molecular flexibility index (Phi) is 8.28. The van der Waals surface area contributed by atoms with Gasteiger partial charge in [0.05, 0.1) is 5.69 Å². The lowest BCUT2D eigenvalue weighted by atomic mass is 10.2. The van der Waals surface area contributed by atoms with Gasteiger partial charge in [-0.25, -0.2) is 9.37 Å². The van der Waals surface area contributed by atoms with Gasteiger partial charge in [-0.2, -0.15) is 0 Å². The van der Waals surface area contributed by atoms with E-state index in [1.165, 1.54) is 23.5 Å². The van der Waals surface area contributed by atoms with Crippen molar-refractivity contribution in [2.45, 2.75) is 25.8 Å². The maximum Gasteiger partial charge on any atom is 0.266 e. The Morgan fingerprint density at radius 1 is 1.36 bits per heavy atom. The molecular weight excluding hydrogens is 384 g/mol. The summed E-state index contributed by atoms with van der Waals surface area (Å²) in [5, 5.41) is 3.91. The number of thiazole rings is 1. The molecule has 0 aliphatic carbocycles. The molecule has 0 bridgehead atoms. The van der Waals surface area contributed by atoms with Crippen molar-refractivity contribution in [2.75, 3.05) is 20.1 Å². The van der Waals surface area contributed by atoms with Crippen LogP contribution >= 0.6 is 36.2 Å². The Morgan fingerprint density at radius 3 is 2.68 bits per heavy atom. The Labute approximate surface area is 163 Å². The summed E-state index contributed by atoms with van der Waals surface area (Å²) in [5.74, 6) is -0.212. The molecule has 1 aliphatic heterocycles. The zero-order chi connectivity index (χ0) is 16.4. The van der Waals surface area contributed by atoms with Gasteiger partial charge in [-0.05, 0) is 51.1 Å². The highest BCUT2D eigenvalue weighted by Crippen LogP contribution is 2.30. The summed E-state index contributed by atoms with van der Waals surface area (Å²) in [6.45, 7) is 3.47. The maximum absolute atomic E-state index is 13.1. The van der Waals surface area contributed by atoms with E-state index in [1.807, 2.05) is 18.9 Å². The molecule has 25 heavy (non-hydrogen) atoms. The number of aryl methyl sites for hydroxylation is 1. The summed E-state index contributed by atoms with van der Waals surface area (Å²) in [4.78, 5) is 20.0. The lowest BCUT2D eigenvalue weighted by Crippen LogP contribution is -2.40. The van der Waals surface area contributed by atoms with Crippen LogP contribution in [0.3, 0.4) is 0 Å². The fraction of sp³-hybridized carbons (Fsp3) is 0.412. The van der Waals surface area contributed by atoms with Gasteiger partial charge in [0, 0.05) is 24.7 Å². The number of amides is 1. The molecule has 0 radical (unpaired) electrons. The van der Waals surface area contributed by atoms with E-state index in [-0.39, 0.29) is 42.6 Å². The van der Waals surface area contributed by atoms with Crippen molar-refractivity contribution in [3.05, 3.63) is 40.7 Å². The van der Waals surface area contributed by atoms with Gasteiger partial charge < -0.3 is 10.2 Å². The van der Waals surface area contributed by atoms with Crippen LogP contribution < -0.4 is 5.32 Å². The monoisotopic (exact) mass is 405 g/mol. The Morgan fingerprint density at radius 2 is 2.04 bits per heavy atom. The zero-order valence-corrected chi connectivity index (χ0v) is 16.6. The first-order valence-electron chi connectivity index (χ1n) is 7.79. The maximum atomic E-state index is 13.1. The fourth-order valence-corrected chi connectivity index (χ4v) is 4.02. The molecule has 1 amide bonds. The molecule has 1 aliphatic rings. The standard InChI is InChI=1S/C17H20FN3OS.2ClH/c1-11-15(17(22)21-9-3-4-14(21)10-19-2)23-16(20-11)12-5-7-13(18)8-6-12;;/h5-8,14,19H,3-4,9-10H2,1-2H3;2*1H. The second-order valence-electron chi connectivity index (χ2n) is 5.79. The average Bonchev–Trinajstić information content (AvgIpc) is 3.15. The minimum atomic E-state index is -0.273. The van der Waals surface area contributed by atoms with Crippen molar-refractivity contribution in [1.82, 2.24) is 15.2 Å². The predicted octanol–water partition coefficient (Wildman–Crippen LogP) is 3.93. The number of carbonyl (C=O) groups excluding carboxylic acids is 1. The molecular formula is C17H22Cl2FN3OS. The second kappa shape index (κ2) is 9.48. The van der Waals surface area contributed by atoms with Gasteiger partial charge in [0.25, 0.3) is 5.91 Å². The largest absolute Gasteiger partial charge is 0.334 e. The van der Waals surface area contributed by atoms with Crippen molar-refractivity contribution >= 4 is 42.1 Å². The van der Waals surface area contributed by atoms with E-state index in [9.17, 15) is 9.18 Å². The number of hydrogen-bond acceptors (Lipinski definition) is 4. The van der Waals surface area contributed by atoms with Gasteiger partial charge in [0.1, 0.15) is 15.7 Å². The Balaban J connectivity index is 0.00000156. The molecule has 1 aromatic heterocycles. The lowest BCUT2D eigenvalue weighted by Gasteiger charge is -2.24. The van der Waals surface area contributed by atoms with Crippen molar-refractivity contribution in [3.8, 4) is 10.6 Å². The highest BCUT2D eigenvalue weighted by molar-refractivity contribution is 7.17. The van der Waals surface area contributed by atoms with E-state index in [0.29, 0.717) is 4.88 Å². The Bertz CT molecular complexity index is 708. The SMILES string of the molecule is CNCC1CCCN1C(=O)c1sc(-c2ccc(F)cc2)nc1C.Cl.Cl. The highest BCUT2D eigenvalue weighted by atomic mass is 35.5. The van der Waals surface area contributed by atoms with Crippen LogP contribution in [0.5, 0.6) is 0 Å². The quantitative estimate of drug-likeness (QED) is 0.837. The molecule has 1 fully saturated rings. The third-order valence-electron chi connectivity index (χ3n) is 4.16. The summed E-state index contributed by atoms with van der Waals surface area (Å²) < 4.78 is 13.1. The molecule has 1 unspecified atom stereocenters. The van der Waals surface area contributed by atoms with Crippen molar-refractivity contribution < 1.29 is 9.18 Å². The summed E-state index contributed by atoms with van der Waals surface area (Å²) in [5.41, 5.74) is 1.58. The molecule has 4 nitrogen and oxygen atoms in total. The first kappa shape index (κ1) is 21.8. The predicted molar refractivity (Wildman–Crippen MR) is 105 cm³/mol. The fourth-order valence-electron chi connectivity index (χ4n) is 2.99. The van der Waals surface area contributed by atoms with Crippen LogP contribution in [0, 0.1) is 12.7 Å².